The second-order valence-corrected chi connectivity index (χ2v) is 6.57. The van der Waals surface area contributed by atoms with Gasteiger partial charge in [-0.3, -0.25) is 10.1 Å². The van der Waals surface area contributed by atoms with Crippen LogP contribution in [0.2, 0.25) is 0 Å². The normalized spacial score (nSPS) is 11.0. The smallest absolute Gasteiger partial charge is 0.293 e. The summed E-state index contributed by atoms with van der Waals surface area (Å²) >= 11 is 0. The zero-order valence-corrected chi connectivity index (χ0v) is 14.4. The first kappa shape index (κ1) is 18.5. The van der Waals surface area contributed by atoms with Crippen molar-refractivity contribution in [3.05, 3.63) is 52.1 Å². The number of ether oxygens (including phenoxy) is 2. The van der Waals surface area contributed by atoms with E-state index < -0.39 is 20.6 Å². The SMILES string of the molecule is COc1ccc(OC)c(CNc2ccc(S(N)(=O)=O)cc2[N+](=O)[O-])c1. The molecule has 0 bridgehead atoms. The molecule has 9 nitrogen and oxygen atoms in total. The second kappa shape index (κ2) is 7.36. The Bertz CT molecular complexity index is 898. The lowest BCUT2D eigenvalue weighted by Crippen LogP contribution is -2.13. The maximum atomic E-state index is 11.4. The van der Waals surface area contributed by atoms with E-state index in [1.807, 2.05) is 0 Å². The third kappa shape index (κ3) is 4.37. The molecule has 0 fully saturated rings. The number of nitrogens with zero attached hydrogens (tertiary/aromatic N) is 1. The van der Waals surface area contributed by atoms with E-state index in [1.54, 1.807) is 18.2 Å². The van der Waals surface area contributed by atoms with Gasteiger partial charge < -0.3 is 14.8 Å². The molecule has 134 valence electrons. The van der Waals surface area contributed by atoms with E-state index >= 15 is 0 Å². The van der Waals surface area contributed by atoms with Crippen molar-refractivity contribution in [3.63, 3.8) is 0 Å². The molecule has 0 aliphatic carbocycles. The van der Waals surface area contributed by atoms with Crippen molar-refractivity contribution in [2.45, 2.75) is 11.4 Å². The Kier molecular flexibility index (Phi) is 5.45. The van der Waals surface area contributed by atoms with Crippen LogP contribution in [0.5, 0.6) is 11.5 Å². The van der Waals surface area contributed by atoms with Gasteiger partial charge in [0, 0.05) is 18.2 Å². The van der Waals surface area contributed by atoms with E-state index in [1.165, 1.54) is 26.4 Å². The van der Waals surface area contributed by atoms with Gasteiger partial charge in [-0.1, -0.05) is 0 Å². The molecule has 10 heteroatoms. The Morgan fingerprint density at radius 3 is 2.44 bits per heavy atom. The number of benzene rings is 2. The fraction of sp³-hybridized carbons (Fsp3) is 0.200. The van der Waals surface area contributed by atoms with E-state index in [0.717, 1.165) is 6.07 Å². The first-order chi connectivity index (χ1) is 11.8. The number of hydrogen-bond donors (Lipinski definition) is 2. The number of nitrogens with one attached hydrogen (secondary N) is 1. The summed E-state index contributed by atoms with van der Waals surface area (Å²) in [5.74, 6) is 1.19. The molecule has 0 radical (unpaired) electrons. The zero-order valence-electron chi connectivity index (χ0n) is 13.6. The van der Waals surface area contributed by atoms with Crippen LogP contribution in [0, 0.1) is 10.1 Å². The Morgan fingerprint density at radius 1 is 1.16 bits per heavy atom. The quantitative estimate of drug-likeness (QED) is 0.563. The van der Waals surface area contributed by atoms with E-state index in [4.69, 9.17) is 14.6 Å². The van der Waals surface area contributed by atoms with Crippen LogP contribution < -0.4 is 19.9 Å². The van der Waals surface area contributed by atoms with Crippen molar-refractivity contribution < 1.29 is 22.8 Å². The molecule has 0 amide bonds. The maximum absolute atomic E-state index is 11.4. The molecule has 0 saturated heterocycles. The molecule has 0 aliphatic heterocycles. The van der Waals surface area contributed by atoms with Gasteiger partial charge in [0.15, 0.2) is 0 Å². The number of sulfonamides is 1. The first-order valence-electron chi connectivity index (χ1n) is 7.02. The highest BCUT2D eigenvalue weighted by molar-refractivity contribution is 7.89. The van der Waals surface area contributed by atoms with Crippen molar-refractivity contribution in [2.75, 3.05) is 19.5 Å². The van der Waals surface area contributed by atoms with E-state index in [0.29, 0.717) is 17.1 Å². The van der Waals surface area contributed by atoms with Crippen LogP contribution in [0.3, 0.4) is 0 Å². The van der Waals surface area contributed by atoms with Crippen molar-refractivity contribution in [2.24, 2.45) is 5.14 Å². The summed E-state index contributed by atoms with van der Waals surface area (Å²) < 4.78 is 33.1. The third-order valence-electron chi connectivity index (χ3n) is 3.45. The van der Waals surface area contributed by atoms with Gasteiger partial charge in [0.05, 0.1) is 24.0 Å². The predicted octanol–water partition coefficient (Wildman–Crippen LogP) is 1.87. The van der Waals surface area contributed by atoms with Gasteiger partial charge >= 0.3 is 0 Å². The van der Waals surface area contributed by atoms with Crippen LogP contribution >= 0.6 is 0 Å². The topological polar surface area (TPSA) is 134 Å². The summed E-state index contributed by atoms with van der Waals surface area (Å²) in [7, 11) is -0.999. The third-order valence-corrected chi connectivity index (χ3v) is 4.36. The average Bonchev–Trinajstić information content (AvgIpc) is 2.58. The highest BCUT2D eigenvalue weighted by Gasteiger charge is 2.19. The van der Waals surface area contributed by atoms with Crippen LogP contribution in [0.15, 0.2) is 41.3 Å². The summed E-state index contributed by atoms with van der Waals surface area (Å²) in [6.45, 7) is 0.204. The summed E-state index contributed by atoms with van der Waals surface area (Å²) in [6.07, 6.45) is 0. The Balaban J connectivity index is 2.33. The van der Waals surface area contributed by atoms with Crippen LogP contribution in [-0.4, -0.2) is 27.6 Å². The van der Waals surface area contributed by atoms with Gasteiger partial charge in [0.25, 0.3) is 5.69 Å². The minimum Gasteiger partial charge on any atom is -0.497 e. The number of rotatable bonds is 7. The summed E-state index contributed by atoms with van der Waals surface area (Å²) in [5, 5.41) is 19.1. The molecule has 0 atom stereocenters. The van der Waals surface area contributed by atoms with E-state index in [9.17, 15) is 18.5 Å². The van der Waals surface area contributed by atoms with Gasteiger partial charge in [0.2, 0.25) is 10.0 Å². The minimum atomic E-state index is -4.03. The monoisotopic (exact) mass is 367 g/mol. The molecule has 0 aromatic heterocycles. The average molecular weight is 367 g/mol. The molecule has 0 unspecified atom stereocenters. The molecule has 2 rings (SSSR count). The van der Waals surface area contributed by atoms with Gasteiger partial charge in [-0.05, 0) is 30.3 Å². The number of primary sulfonamides is 1. The van der Waals surface area contributed by atoms with Gasteiger partial charge in [-0.25, -0.2) is 13.6 Å². The van der Waals surface area contributed by atoms with Gasteiger partial charge in [-0.15, -0.1) is 0 Å². The highest BCUT2D eigenvalue weighted by atomic mass is 32.2. The Labute approximate surface area is 144 Å². The van der Waals surface area contributed by atoms with Crippen LogP contribution in [0.1, 0.15) is 5.56 Å². The van der Waals surface area contributed by atoms with Crippen molar-refractivity contribution in [1.82, 2.24) is 0 Å². The van der Waals surface area contributed by atoms with Gasteiger partial charge in [0.1, 0.15) is 17.2 Å². The molecule has 0 spiro atoms. The van der Waals surface area contributed by atoms with Gasteiger partial charge in [-0.2, -0.15) is 0 Å². The summed E-state index contributed by atoms with van der Waals surface area (Å²) in [5.41, 5.74) is 0.474. The molecular formula is C15H17N3O6S. The molecule has 3 N–H and O–H groups in total. The number of nitrogens with two attached hydrogens (primary N) is 1. The molecular weight excluding hydrogens is 350 g/mol. The maximum Gasteiger partial charge on any atom is 0.293 e. The fourth-order valence-electron chi connectivity index (χ4n) is 2.20. The molecule has 2 aromatic carbocycles. The minimum absolute atomic E-state index is 0.155. The van der Waals surface area contributed by atoms with E-state index in [-0.39, 0.29) is 17.1 Å². The molecule has 0 aliphatic rings. The van der Waals surface area contributed by atoms with E-state index in [2.05, 4.69) is 5.32 Å². The van der Waals surface area contributed by atoms with Crippen molar-refractivity contribution in [1.29, 1.82) is 0 Å². The van der Waals surface area contributed by atoms with Crippen LogP contribution in [0.25, 0.3) is 0 Å². The largest absolute Gasteiger partial charge is 0.497 e. The van der Waals surface area contributed by atoms with Crippen LogP contribution in [0.4, 0.5) is 11.4 Å². The van der Waals surface area contributed by atoms with Crippen LogP contribution in [-0.2, 0) is 16.6 Å². The highest BCUT2D eigenvalue weighted by Crippen LogP contribution is 2.29. The standard InChI is InChI=1S/C15H17N3O6S/c1-23-11-3-6-15(24-2)10(7-11)9-17-13-5-4-12(25(16,21)22)8-14(13)18(19)20/h3-8,17H,9H2,1-2H3,(H2,16,21,22). The number of nitro groups is 1. The lowest BCUT2D eigenvalue weighted by atomic mass is 10.1. The number of methoxy groups -OCH3 is 2. The molecule has 2 aromatic rings. The predicted molar refractivity (Wildman–Crippen MR) is 91.3 cm³/mol. The summed E-state index contributed by atoms with van der Waals surface area (Å²) in [4.78, 5) is 10.2. The Morgan fingerprint density at radius 2 is 1.88 bits per heavy atom. The molecule has 0 heterocycles. The van der Waals surface area contributed by atoms with Crippen molar-refractivity contribution >= 4 is 21.4 Å². The zero-order chi connectivity index (χ0) is 18.6. The number of anilines is 1. The van der Waals surface area contributed by atoms with Crippen molar-refractivity contribution in [3.8, 4) is 11.5 Å². The lowest BCUT2D eigenvalue weighted by molar-refractivity contribution is -0.384. The lowest BCUT2D eigenvalue weighted by Gasteiger charge is -2.12. The fourth-order valence-corrected chi connectivity index (χ4v) is 2.73. The Hall–Kier alpha value is -2.85. The molecule has 25 heavy (non-hydrogen) atoms. The summed E-state index contributed by atoms with van der Waals surface area (Å²) in [6, 6.07) is 8.59. The first-order valence-corrected chi connectivity index (χ1v) is 8.57. The molecule has 0 saturated carbocycles. The second-order valence-electron chi connectivity index (χ2n) is 5.01. The number of nitro benzene ring substituents is 1. The number of hydrogen-bond acceptors (Lipinski definition) is 7.